The van der Waals surface area contributed by atoms with Gasteiger partial charge in [0.05, 0.1) is 22.8 Å². The summed E-state index contributed by atoms with van der Waals surface area (Å²) in [7, 11) is 1.47. The van der Waals surface area contributed by atoms with Crippen LogP contribution in [0.25, 0.3) is 0 Å². The number of amides is 1. The Balaban J connectivity index is 2.33. The van der Waals surface area contributed by atoms with E-state index in [1.165, 1.54) is 13.2 Å². The molecule has 21 heavy (non-hydrogen) atoms. The second kappa shape index (κ2) is 6.13. The minimum atomic E-state index is -0.450. The lowest BCUT2D eigenvalue weighted by molar-refractivity contribution is 0.102. The molecule has 0 bridgehead atoms. The Labute approximate surface area is 130 Å². The number of nitrogens with one attached hydrogen (secondary N) is 1. The van der Waals surface area contributed by atoms with Crippen LogP contribution in [0.2, 0.25) is 0 Å². The summed E-state index contributed by atoms with van der Waals surface area (Å²) >= 11 is 3.10. The van der Waals surface area contributed by atoms with Gasteiger partial charge in [-0.2, -0.15) is 0 Å². The summed E-state index contributed by atoms with van der Waals surface area (Å²) in [4.78, 5) is 12.3. The summed E-state index contributed by atoms with van der Waals surface area (Å²) in [5, 5.41) is 2.65. The van der Waals surface area contributed by atoms with Gasteiger partial charge in [0.25, 0.3) is 5.91 Å². The molecule has 2 aromatic carbocycles. The number of carbonyl (C=O) groups is 1. The van der Waals surface area contributed by atoms with E-state index >= 15 is 0 Å². The highest BCUT2D eigenvalue weighted by Gasteiger charge is 2.15. The van der Waals surface area contributed by atoms with Crippen molar-refractivity contribution in [2.24, 2.45) is 0 Å². The maximum absolute atomic E-state index is 13.6. The molecule has 0 atom stereocenters. The van der Waals surface area contributed by atoms with E-state index in [-0.39, 0.29) is 11.3 Å². The summed E-state index contributed by atoms with van der Waals surface area (Å²) in [6, 6.07) is 7.76. The van der Waals surface area contributed by atoms with E-state index in [9.17, 15) is 9.18 Å². The van der Waals surface area contributed by atoms with Gasteiger partial charge in [0.2, 0.25) is 0 Å². The van der Waals surface area contributed by atoms with E-state index in [1.807, 2.05) is 0 Å². The molecule has 0 heterocycles. The third-order valence-electron chi connectivity index (χ3n) is 3.05. The molecule has 0 saturated heterocycles. The van der Waals surface area contributed by atoms with E-state index in [0.29, 0.717) is 15.9 Å². The number of aryl methyl sites for hydroxylation is 1. The van der Waals surface area contributed by atoms with E-state index in [4.69, 9.17) is 10.5 Å². The van der Waals surface area contributed by atoms with Crippen LogP contribution in [0.15, 0.2) is 34.8 Å². The lowest BCUT2D eigenvalue weighted by Crippen LogP contribution is -2.15. The molecule has 2 rings (SSSR count). The Bertz CT molecular complexity index is 704. The first-order chi connectivity index (χ1) is 9.93. The molecular weight excluding hydrogens is 339 g/mol. The van der Waals surface area contributed by atoms with Crippen molar-refractivity contribution in [3.63, 3.8) is 0 Å². The molecule has 0 unspecified atom stereocenters. The van der Waals surface area contributed by atoms with Gasteiger partial charge in [0, 0.05) is 5.69 Å². The highest BCUT2D eigenvalue weighted by Crippen LogP contribution is 2.27. The number of methoxy groups -OCH3 is 1. The molecule has 6 heteroatoms. The Morgan fingerprint density at radius 1 is 1.38 bits per heavy atom. The molecule has 1 amide bonds. The molecule has 0 aliphatic heterocycles. The van der Waals surface area contributed by atoms with Crippen molar-refractivity contribution < 1.29 is 13.9 Å². The fourth-order valence-electron chi connectivity index (χ4n) is 1.89. The van der Waals surface area contributed by atoms with Crippen molar-refractivity contribution in [1.82, 2.24) is 0 Å². The summed E-state index contributed by atoms with van der Waals surface area (Å²) < 4.78 is 19.0. The highest BCUT2D eigenvalue weighted by molar-refractivity contribution is 9.10. The molecule has 0 saturated carbocycles. The lowest BCUT2D eigenvalue weighted by Gasteiger charge is -2.12. The number of rotatable bonds is 3. The molecule has 3 N–H and O–H groups in total. The van der Waals surface area contributed by atoms with E-state index in [0.717, 1.165) is 5.56 Å². The number of nitrogens with two attached hydrogens (primary N) is 1. The monoisotopic (exact) mass is 352 g/mol. The molecule has 0 radical (unpaired) electrons. The summed E-state index contributed by atoms with van der Waals surface area (Å²) in [5.41, 5.74) is 7.52. The van der Waals surface area contributed by atoms with Crippen LogP contribution in [0.5, 0.6) is 5.75 Å². The van der Waals surface area contributed by atoms with Crippen molar-refractivity contribution in [2.75, 3.05) is 18.2 Å². The average molecular weight is 353 g/mol. The number of hydrogen-bond donors (Lipinski definition) is 2. The molecule has 4 nitrogen and oxygen atoms in total. The minimum absolute atomic E-state index is 0.243. The van der Waals surface area contributed by atoms with Crippen molar-refractivity contribution in [2.45, 2.75) is 6.92 Å². The molecule has 0 spiro atoms. The van der Waals surface area contributed by atoms with Crippen LogP contribution >= 0.6 is 15.9 Å². The average Bonchev–Trinajstić information content (AvgIpc) is 2.44. The number of anilines is 2. The van der Waals surface area contributed by atoms with Gasteiger partial charge in [-0.15, -0.1) is 0 Å². The zero-order valence-electron chi connectivity index (χ0n) is 11.5. The number of carbonyl (C=O) groups excluding carboxylic acids is 1. The summed E-state index contributed by atoms with van der Waals surface area (Å²) in [5.74, 6) is -0.452. The van der Waals surface area contributed by atoms with Crippen LogP contribution < -0.4 is 15.8 Å². The molecule has 0 fully saturated rings. The van der Waals surface area contributed by atoms with Gasteiger partial charge >= 0.3 is 0 Å². The Morgan fingerprint density at radius 2 is 2.10 bits per heavy atom. The quantitative estimate of drug-likeness (QED) is 0.827. The molecule has 0 aromatic heterocycles. The van der Waals surface area contributed by atoms with Crippen LogP contribution in [-0.2, 0) is 0 Å². The Hall–Kier alpha value is -2.08. The van der Waals surface area contributed by atoms with Crippen molar-refractivity contribution in [3.8, 4) is 5.75 Å². The third kappa shape index (κ3) is 3.16. The zero-order valence-corrected chi connectivity index (χ0v) is 13.1. The van der Waals surface area contributed by atoms with Gasteiger partial charge in [0.15, 0.2) is 0 Å². The summed E-state index contributed by atoms with van der Waals surface area (Å²) in [6.45, 7) is 1.77. The van der Waals surface area contributed by atoms with Gasteiger partial charge in [0.1, 0.15) is 11.6 Å². The number of ether oxygens (including phenoxy) is 1. The molecule has 0 aliphatic rings. The van der Waals surface area contributed by atoms with Crippen molar-refractivity contribution in [3.05, 3.63) is 51.7 Å². The largest absolute Gasteiger partial charge is 0.495 e. The Morgan fingerprint density at radius 3 is 2.76 bits per heavy atom. The van der Waals surface area contributed by atoms with Crippen LogP contribution in [-0.4, -0.2) is 13.0 Å². The number of benzene rings is 2. The SMILES string of the molecule is COc1cccc(C(=O)Nc2cc(F)c(Br)cc2C)c1N. The van der Waals surface area contributed by atoms with Gasteiger partial charge in [-0.3, -0.25) is 4.79 Å². The minimum Gasteiger partial charge on any atom is -0.495 e. The fraction of sp³-hybridized carbons (Fsp3) is 0.133. The molecule has 110 valence electrons. The maximum Gasteiger partial charge on any atom is 0.257 e. The highest BCUT2D eigenvalue weighted by atomic mass is 79.9. The third-order valence-corrected chi connectivity index (χ3v) is 3.65. The van der Waals surface area contributed by atoms with Crippen LogP contribution in [0, 0.1) is 12.7 Å². The molecule has 2 aromatic rings. The smallest absolute Gasteiger partial charge is 0.257 e. The van der Waals surface area contributed by atoms with Crippen molar-refractivity contribution in [1.29, 1.82) is 0 Å². The zero-order chi connectivity index (χ0) is 15.6. The second-order valence-corrected chi connectivity index (χ2v) is 5.31. The van der Waals surface area contributed by atoms with Crippen LogP contribution in [0.3, 0.4) is 0 Å². The van der Waals surface area contributed by atoms with Crippen LogP contribution in [0.4, 0.5) is 15.8 Å². The van der Waals surface area contributed by atoms with Gasteiger partial charge in [-0.05, 0) is 52.7 Å². The standard InChI is InChI=1S/C15H14BrFN2O2/c1-8-6-10(16)11(17)7-12(8)19-15(20)9-4-3-5-13(21-2)14(9)18/h3-7H,18H2,1-2H3,(H,19,20). The van der Waals surface area contributed by atoms with Gasteiger partial charge < -0.3 is 15.8 Å². The maximum atomic E-state index is 13.6. The first-order valence-electron chi connectivity index (χ1n) is 6.13. The Kier molecular flexibility index (Phi) is 4.47. The normalized spacial score (nSPS) is 10.3. The molecular formula is C15H14BrFN2O2. The van der Waals surface area contributed by atoms with E-state index in [2.05, 4.69) is 21.2 Å². The van der Waals surface area contributed by atoms with E-state index < -0.39 is 11.7 Å². The predicted molar refractivity (Wildman–Crippen MR) is 84.2 cm³/mol. The summed E-state index contributed by atoms with van der Waals surface area (Å²) in [6.07, 6.45) is 0. The van der Waals surface area contributed by atoms with Crippen LogP contribution in [0.1, 0.15) is 15.9 Å². The second-order valence-electron chi connectivity index (χ2n) is 4.46. The number of para-hydroxylation sites is 1. The first-order valence-corrected chi connectivity index (χ1v) is 6.92. The first kappa shape index (κ1) is 15.3. The van der Waals surface area contributed by atoms with Gasteiger partial charge in [-0.1, -0.05) is 6.07 Å². The number of nitrogen functional groups attached to an aromatic ring is 1. The van der Waals surface area contributed by atoms with Crippen molar-refractivity contribution >= 4 is 33.2 Å². The fourth-order valence-corrected chi connectivity index (χ4v) is 2.35. The number of hydrogen-bond acceptors (Lipinski definition) is 3. The van der Waals surface area contributed by atoms with E-state index in [1.54, 1.807) is 31.2 Å². The lowest BCUT2D eigenvalue weighted by atomic mass is 10.1. The van der Waals surface area contributed by atoms with Gasteiger partial charge in [-0.25, -0.2) is 4.39 Å². The predicted octanol–water partition coefficient (Wildman–Crippen LogP) is 3.74. The topological polar surface area (TPSA) is 64.3 Å². The molecule has 0 aliphatic carbocycles. The number of halogens is 2.